The molecule has 0 aliphatic heterocycles. The predicted octanol–water partition coefficient (Wildman–Crippen LogP) is 3.25. The summed E-state index contributed by atoms with van der Waals surface area (Å²) < 4.78 is 37.0. The zero-order valence-corrected chi connectivity index (χ0v) is 11.6. The van der Waals surface area contributed by atoms with Crippen LogP contribution in [0.3, 0.4) is 0 Å². The highest BCUT2D eigenvalue weighted by atomic mass is 19.4. The van der Waals surface area contributed by atoms with E-state index in [1.54, 1.807) is 24.3 Å². The first kappa shape index (κ1) is 15.8. The molecule has 0 aromatic heterocycles. The summed E-state index contributed by atoms with van der Waals surface area (Å²) in [5.74, 6) is -0.293. The molecule has 6 heteroatoms. The first-order valence-electron chi connectivity index (χ1n) is 7.06. The number of aryl methyl sites for hydroxylation is 1. The molecule has 1 fully saturated rings. The Balaban J connectivity index is 2.01. The summed E-state index contributed by atoms with van der Waals surface area (Å²) in [5.41, 5.74) is 6.75. The Kier molecular flexibility index (Phi) is 4.88. The van der Waals surface area contributed by atoms with Crippen molar-refractivity contribution < 1.29 is 18.0 Å². The van der Waals surface area contributed by atoms with Crippen molar-refractivity contribution in [1.82, 2.24) is 0 Å². The number of benzene rings is 1. The van der Waals surface area contributed by atoms with Gasteiger partial charge >= 0.3 is 6.18 Å². The number of nitrogens with one attached hydrogen (secondary N) is 1. The second kappa shape index (κ2) is 6.47. The van der Waals surface area contributed by atoms with Crippen molar-refractivity contribution in [2.75, 3.05) is 5.32 Å². The van der Waals surface area contributed by atoms with E-state index in [4.69, 9.17) is 5.73 Å². The molecule has 0 heterocycles. The molecule has 2 unspecified atom stereocenters. The minimum absolute atomic E-state index is 0.0428. The fourth-order valence-electron chi connectivity index (χ4n) is 2.63. The molecule has 1 aromatic carbocycles. The van der Waals surface area contributed by atoms with Crippen molar-refractivity contribution in [2.24, 2.45) is 11.7 Å². The van der Waals surface area contributed by atoms with Crippen LogP contribution in [0.4, 0.5) is 18.9 Å². The van der Waals surface area contributed by atoms with Crippen LogP contribution in [-0.2, 0) is 11.2 Å². The third-order valence-electron chi connectivity index (χ3n) is 3.80. The van der Waals surface area contributed by atoms with Crippen LogP contribution in [0.25, 0.3) is 0 Å². The number of hydrogen-bond acceptors (Lipinski definition) is 2. The fourth-order valence-corrected chi connectivity index (χ4v) is 2.63. The van der Waals surface area contributed by atoms with E-state index in [0.717, 1.165) is 12.8 Å². The predicted molar refractivity (Wildman–Crippen MR) is 74.8 cm³/mol. The molecule has 1 aromatic rings. The van der Waals surface area contributed by atoms with E-state index in [0.29, 0.717) is 17.7 Å². The van der Waals surface area contributed by atoms with Gasteiger partial charge in [0, 0.05) is 24.1 Å². The summed E-state index contributed by atoms with van der Waals surface area (Å²) in [7, 11) is 0. The van der Waals surface area contributed by atoms with Gasteiger partial charge in [-0.3, -0.25) is 4.79 Å². The molecule has 116 valence electrons. The van der Waals surface area contributed by atoms with Gasteiger partial charge in [-0.05, 0) is 37.3 Å². The standard InChI is InChI=1S/C15H19F3N2O/c16-15(17,18)8-7-10-3-1-2-4-13(10)20-14(21)11-5-6-12(19)9-11/h1-4,11-12H,5-9,19H2,(H,20,21). The number of alkyl halides is 3. The van der Waals surface area contributed by atoms with Gasteiger partial charge in [-0.2, -0.15) is 13.2 Å². The Morgan fingerprint density at radius 2 is 2.00 bits per heavy atom. The molecular formula is C15H19F3N2O. The molecule has 1 amide bonds. The quantitative estimate of drug-likeness (QED) is 0.897. The van der Waals surface area contributed by atoms with Crippen LogP contribution in [0.5, 0.6) is 0 Å². The monoisotopic (exact) mass is 300 g/mol. The van der Waals surface area contributed by atoms with Crippen molar-refractivity contribution in [3.8, 4) is 0 Å². The number of para-hydroxylation sites is 1. The SMILES string of the molecule is NC1CCC(C(=O)Nc2ccccc2CCC(F)(F)F)C1. The average molecular weight is 300 g/mol. The third kappa shape index (κ3) is 4.74. The Bertz CT molecular complexity index is 502. The van der Waals surface area contributed by atoms with Crippen molar-refractivity contribution in [1.29, 1.82) is 0 Å². The average Bonchev–Trinajstić information content (AvgIpc) is 2.83. The highest BCUT2D eigenvalue weighted by Gasteiger charge is 2.29. The molecule has 3 N–H and O–H groups in total. The summed E-state index contributed by atoms with van der Waals surface area (Å²) in [6, 6.07) is 6.67. The first-order chi connectivity index (χ1) is 9.85. The van der Waals surface area contributed by atoms with Crippen LogP contribution in [0, 0.1) is 5.92 Å². The van der Waals surface area contributed by atoms with Crippen molar-refractivity contribution in [2.45, 2.75) is 44.3 Å². The van der Waals surface area contributed by atoms with Gasteiger partial charge in [0.1, 0.15) is 0 Å². The summed E-state index contributed by atoms with van der Waals surface area (Å²) in [6.45, 7) is 0. The van der Waals surface area contributed by atoms with E-state index in [-0.39, 0.29) is 24.3 Å². The summed E-state index contributed by atoms with van der Waals surface area (Å²) in [5, 5.41) is 2.75. The molecule has 1 saturated carbocycles. The number of halogens is 3. The van der Waals surface area contributed by atoms with E-state index < -0.39 is 12.6 Å². The Morgan fingerprint density at radius 1 is 1.29 bits per heavy atom. The molecule has 3 nitrogen and oxygen atoms in total. The Hall–Kier alpha value is -1.56. The van der Waals surface area contributed by atoms with Crippen molar-refractivity contribution >= 4 is 11.6 Å². The van der Waals surface area contributed by atoms with Gasteiger partial charge in [0.15, 0.2) is 0 Å². The lowest BCUT2D eigenvalue weighted by Gasteiger charge is -2.15. The molecule has 2 atom stereocenters. The molecule has 0 radical (unpaired) electrons. The second-order valence-corrected chi connectivity index (χ2v) is 5.53. The second-order valence-electron chi connectivity index (χ2n) is 5.53. The highest BCUT2D eigenvalue weighted by Crippen LogP contribution is 2.28. The van der Waals surface area contributed by atoms with Crippen LogP contribution in [0.1, 0.15) is 31.2 Å². The maximum atomic E-state index is 12.3. The van der Waals surface area contributed by atoms with Gasteiger partial charge in [0.05, 0.1) is 0 Å². The number of nitrogens with two attached hydrogens (primary N) is 1. The number of anilines is 1. The van der Waals surface area contributed by atoms with Gasteiger partial charge in [0.25, 0.3) is 0 Å². The maximum absolute atomic E-state index is 12.3. The van der Waals surface area contributed by atoms with Gasteiger partial charge in [-0.25, -0.2) is 0 Å². The maximum Gasteiger partial charge on any atom is 0.389 e. The lowest BCUT2D eigenvalue weighted by Crippen LogP contribution is -2.23. The minimum Gasteiger partial charge on any atom is -0.328 e. The molecule has 1 aliphatic rings. The number of rotatable bonds is 4. The zero-order chi connectivity index (χ0) is 15.5. The minimum atomic E-state index is -4.20. The molecule has 0 saturated heterocycles. The number of hydrogen-bond donors (Lipinski definition) is 2. The molecular weight excluding hydrogens is 281 g/mol. The van der Waals surface area contributed by atoms with Crippen molar-refractivity contribution in [3.63, 3.8) is 0 Å². The van der Waals surface area contributed by atoms with Crippen LogP contribution in [0.15, 0.2) is 24.3 Å². The number of carbonyl (C=O) groups excluding carboxylic acids is 1. The van der Waals surface area contributed by atoms with E-state index in [2.05, 4.69) is 5.32 Å². The van der Waals surface area contributed by atoms with Crippen LogP contribution in [-0.4, -0.2) is 18.1 Å². The largest absolute Gasteiger partial charge is 0.389 e. The lowest BCUT2D eigenvalue weighted by atomic mass is 10.0. The van der Waals surface area contributed by atoms with E-state index in [1.807, 2.05) is 0 Å². The number of carbonyl (C=O) groups is 1. The summed E-state index contributed by atoms with van der Waals surface area (Å²) >= 11 is 0. The highest BCUT2D eigenvalue weighted by molar-refractivity contribution is 5.93. The van der Waals surface area contributed by atoms with Crippen LogP contribution < -0.4 is 11.1 Å². The zero-order valence-electron chi connectivity index (χ0n) is 11.6. The van der Waals surface area contributed by atoms with Gasteiger partial charge < -0.3 is 11.1 Å². The van der Waals surface area contributed by atoms with Crippen LogP contribution >= 0.6 is 0 Å². The van der Waals surface area contributed by atoms with E-state index >= 15 is 0 Å². The Labute approximate surface area is 121 Å². The summed E-state index contributed by atoms with van der Waals surface area (Å²) in [4.78, 5) is 12.1. The lowest BCUT2D eigenvalue weighted by molar-refractivity contribution is -0.133. The van der Waals surface area contributed by atoms with Crippen molar-refractivity contribution in [3.05, 3.63) is 29.8 Å². The molecule has 21 heavy (non-hydrogen) atoms. The topological polar surface area (TPSA) is 55.1 Å². The van der Waals surface area contributed by atoms with E-state index in [1.165, 1.54) is 0 Å². The number of amides is 1. The summed E-state index contributed by atoms with van der Waals surface area (Å²) in [6.07, 6.45) is -3.05. The van der Waals surface area contributed by atoms with Gasteiger partial charge in [-0.1, -0.05) is 18.2 Å². The molecule has 1 aliphatic carbocycles. The third-order valence-corrected chi connectivity index (χ3v) is 3.80. The first-order valence-corrected chi connectivity index (χ1v) is 7.06. The fraction of sp³-hybridized carbons (Fsp3) is 0.533. The smallest absolute Gasteiger partial charge is 0.328 e. The normalized spacial score (nSPS) is 22.3. The van der Waals surface area contributed by atoms with Crippen LogP contribution in [0.2, 0.25) is 0 Å². The molecule has 0 bridgehead atoms. The molecule has 2 rings (SSSR count). The Morgan fingerprint density at radius 3 is 2.62 bits per heavy atom. The molecule has 0 spiro atoms. The van der Waals surface area contributed by atoms with Gasteiger partial charge in [0.2, 0.25) is 5.91 Å². The van der Waals surface area contributed by atoms with E-state index in [9.17, 15) is 18.0 Å². The van der Waals surface area contributed by atoms with Gasteiger partial charge in [-0.15, -0.1) is 0 Å².